The van der Waals surface area contributed by atoms with E-state index in [1.807, 2.05) is 31.2 Å². The molecule has 0 aliphatic carbocycles. The van der Waals surface area contributed by atoms with Crippen molar-refractivity contribution in [1.29, 1.82) is 0 Å². The molecule has 1 atom stereocenters. The van der Waals surface area contributed by atoms with E-state index < -0.39 is 0 Å². The molecule has 1 heterocycles. The molecule has 114 valence electrons. The fourth-order valence-corrected chi connectivity index (χ4v) is 2.49. The van der Waals surface area contributed by atoms with Crippen molar-refractivity contribution < 1.29 is 9.15 Å². The first-order chi connectivity index (χ1) is 10.3. The van der Waals surface area contributed by atoms with Crippen molar-refractivity contribution in [3.8, 4) is 5.75 Å². The average Bonchev–Trinajstić information content (AvgIpc) is 3.02. The van der Waals surface area contributed by atoms with E-state index in [0.29, 0.717) is 13.2 Å². The predicted molar refractivity (Wildman–Crippen MR) is 84.2 cm³/mol. The minimum absolute atomic E-state index is 0.177. The van der Waals surface area contributed by atoms with Crippen LogP contribution in [0.5, 0.6) is 5.75 Å². The summed E-state index contributed by atoms with van der Waals surface area (Å²) in [5, 5.41) is 0. The maximum atomic E-state index is 6.00. The molecule has 0 bridgehead atoms. The molecule has 0 saturated carbocycles. The first kappa shape index (κ1) is 15.6. The van der Waals surface area contributed by atoms with E-state index in [1.165, 1.54) is 5.56 Å². The van der Waals surface area contributed by atoms with Crippen LogP contribution in [0.3, 0.4) is 0 Å². The highest BCUT2D eigenvalue weighted by atomic mass is 16.5. The molecular weight excluding hydrogens is 264 g/mol. The molecule has 0 aliphatic heterocycles. The fraction of sp³-hybridized carbons (Fsp3) is 0.412. The van der Waals surface area contributed by atoms with E-state index in [1.54, 1.807) is 6.26 Å². The molecule has 1 aromatic carbocycles. The molecule has 4 heteroatoms. The monoisotopic (exact) mass is 288 g/mol. The van der Waals surface area contributed by atoms with Crippen molar-refractivity contribution in [3.05, 3.63) is 54.0 Å². The molecule has 0 amide bonds. The van der Waals surface area contributed by atoms with E-state index in [9.17, 15) is 0 Å². The van der Waals surface area contributed by atoms with E-state index in [2.05, 4.69) is 24.0 Å². The smallest absolute Gasteiger partial charge is 0.119 e. The maximum absolute atomic E-state index is 6.00. The minimum Gasteiger partial charge on any atom is -0.494 e. The first-order valence-electron chi connectivity index (χ1n) is 7.47. The van der Waals surface area contributed by atoms with Crippen LogP contribution in [0.15, 0.2) is 47.1 Å². The molecule has 2 aromatic rings. The SMILES string of the molecule is CCOc1ccc(C(CN)N(CC)Cc2ccco2)cc1. The van der Waals surface area contributed by atoms with E-state index in [-0.39, 0.29) is 6.04 Å². The molecule has 1 unspecified atom stereocenters. The number of nitrogens with two attached hydrogens (primary N) is 1. The zero-order valence-corrected chi connectivity index (χ0v) is 12.8. The van der Waals surface area contributed by atoms with Gasteiger partial charge in [0.2, 0.25) is 0 Å². The van der Waals surface area contributed by atoms with Crippen LogP contribution in [0.2, 0.25) is 0 Å². The van der Waals surface area contributed by atoms with Gasteiger partial charge in [0.15, 0.2) is 0 Å². The van der Waals surface area contributed by atoms with Crippen molar-refractivity contribution in [2.75, 3.05) is 19.7 Å². The van der Waals surface area contributed by atoms with E-state index in [0.717, 1.165) is 24.6 Å². The minimum atomic E-state index is 0.177. The van der Waals surface area contributed by atoms with Gasteiger partial charge in [-0.15, -0.1) is 0 Å². The van der Waals surface area contributed by atoms with Crippen LogP contribution in [0.4, 0.5) is 0 Å². The predicted octanol–water partition coefficient (Wildman–Crippen LogP) is 3.20. The van der Waals surface area contributed by atoms with Gasteiger partial charge in [-0.05, 0) is 43.3 Å². The normalized spacial score (nSPS) is 12.6. The van der Waals surface area contributed by atoms with E-state index >= 15 is 0 Å². The molecule has 0 aliphatic rings. The topological polar surface area (TPSA) is 51.6 Å². The molecule has 0 saturated heterocycles. The lowest BCUT2D eigenvalue weighted by Crippen LogP contribution is -2.33. The second kappa shape index (κ2) is 7.86. The molecule has 21 heavy (non-hydrogen) atoms. The summed E-state index contributed by atoms with van der Waals surface area (Å²) in [6.07, 6.45) is 1.71. The van der Waals surface area contributed by atoms with Crippen LogP contribution < -0.4 is 10.5 Å². The van der Waals surface area contributed by atoms with Gasteiger partial charge in [0.25, 0.3) is 0 Å². The fourth-order valence-electron chi connectivity index (χ4n) is 2.49. The maximum Gasteiger partial charge on any atom is 0.119 e. The number of rotatable bonds is 8. The van der Waals surface area contributed by atoms with Gasteiger partial charge in [-0.1, -0.05) is 19.1 Å². The lowest BCUT2D eigenvalue weighted by atomic mass is 10.0. The second-order valence-electron chi connectivity index (χ2n) is 4.90. The molecular formula is C17H24N2O2. The summed E-state index contributed by atoms with van der Waals surface area (Å²) in [5.41, 5.74) is 7.21. The Bertz CT molecular complexity index is 508. The van der Waals surface area contributed by atoms with Crippen LogP contribution in [0.1, 0.15) is 31.2 Å². The number of likely N-dealkylation sites (N-methyl/N-ethyl adjacent to an activating group) is 1. The van der Waals surface area contributed by atoms with Crippen LogP contribution in [0.25, 0.3) is 0 Å². The summed E-state index contributed by atoms with van der Waals surface area (Å²) in [6, 6.07) is 12.3. The van der Waals surface area contributed by atoms with Gasteiger partial charge < -0.3 is 14.9 Å². The number of furan rings is 1. The lowest BCUT2D eigenvalue weighted by molar-refractivity contribution is 0.188. The highest BCUT2D eigenvalue weighted by Gasteiger charge is 2.18. The first-order valence-corrected chi connectivity index (χ1v) is 7.47. The molecule has 2 rings (SSSR count). The summed E-state index contributed by atoms with van der Waals surface area (Å²) < 4.78 is 10.9. The third-order valence-electron chi connectivity index (χ3n) is 3.59. The van der Waals surface area contributed by atoms with Crippen LogP contribution in [-0.4, -0.2) is 24.6 Å². The van der Waals surface area contributed by atoms with Crippen molar-refractivity contribution >= 4 is 0 Å². The summed E-state index contributed by atoms with van der Waals surface area (Å²) in [4.78, 5) is 2.31. The number of hydrogen-bond acceptors (Lipinski definition) is 4. The number of ether oxygens (including phenoxy) is 1. The zero-order valence-electron chi connectivity index (χ0n) is 12.8. The molecule has 2 N–H and O–H groups in total. The molecule has 1 aromatic heterocycles. The summed E-state index contributed by atoms with van der Waals surface area (Å²) >= 11 is 0. The average molecular weight is 288 g/mol. The van der Waals surface area contributed by atoms with Gasteiger partial charge in [-0.3, -0.25) is 4.90 Å². The Labute approximate surface area is 126 Å². The van der Waals surface area contributed by atoms with Gasteiger partial charge >= 0.3 is 0 Å². The Hall–Kier alpha value is -1.78. The molecule has 4 nitrogen and oxygen atoms in total. The summed E-state index contributed by atoms with van der Waals surface area (Å²) in [5.74, 6) is 1.85. The summed E-state index contributed by atoms with van der Waals surface area (Å²) in [7, 11) is 0. The molecule has 0 spiro atoms. The third kappa shape index (κ3) is 4.09. The summed E-state index contributed by atoms with van der Waals surface area (Å²) in [6.45, 7) is 7.05. The van der Waals surface area contributed by atoms with Gasteiger partial charge in [0.1, 0.15) is 11.5 Å². The van der Waals surface area contributed by atoms with Gasteiger partial charge in [-0.2, -0.15) is 0 Å². The van der Waals surface area contributed by atoms with Gasteiger partial charge in [-0.25, -0.2) is 0 Å². The second-order valence-corrected chi connectivity index (χ2v) is 4.90. The Morgan fingerprint density at radius 1 is 1.19 bits per heavy atom. The highest BCUT2D eigenvalue weighted by Crippen LogP contribution is 2.24. The van der Waals surface area contributed by atoms with Crippen molar-refractivity contribution in [2.24, 2.45) is 5.73 Å². The third-order valence-corrected chi connectivity index (χ3v) is 3.59. The lowest BCUT2D eigenvalue weighted by Gasteiger charge is -2.29. The Morgan fingerprint density at radius 3 is 2.48 bits per heavy atom. The van der Waals surface area contributed by atoms with Crippen molar-refractivity contribution in [3.63, 3.8) is 0 Å². The number of nitrogens with zero attached hydrogens (tertiary/aromatic N) is 1. The van der Waals surface area contributed by atoms with Crippen LogP contribution >= 0.6 is 0 Å². The number of hydrogen-bond donors (Lipinski definition) is 1. The van der Waals surface area contributed by atoms with Crippen molar-refractivity contribution in [2.45, 2.75) is 26.4 Å². The number of benzene rings is 1. The molecule has 0 fully saturated rings. The Morgan fingerprint density at radius 2 is 1.95 bits per heavy atom. The standard InChI is InChI=1S/C17H24N2O2/c1-3-19(13-16-6-5-11-21-16)17(12-18)14-7-9-15(10-8-14)20-4-2/h5-11,17H,3-4,12-13,18H2,1-2H3. The zero-order chi connectivity index (χ0) is 15.1. The molecule has 0 radical (unpaired) electrons. The Kier molecular flexibility index (Phi) is 5.84. The van der Waals surface area contributed by atoms with Gasteiger partial charge in [0.05, 0.1) is 19.4 Å². The largest absolute Gasteiger partial charge is 0.494 e. The highest BCUT2D eigenvalue weighted by molar-refractivity contribution is 5.29. The van der Waals surface area contributed by atoms with Crippen molar-refractivity contribution in [1.82, 2.24) is 4.90 Å². The van der Waals surface area contributed by atoms with Crippen LogP contribution in [-0.2, 0) is 6.54 Å². The van der Waals surface area contributed by atoms with Crippen LogP contribution in [0, 0.1) is 0 Å². The Balaban J connectivity index is 2.12. The van der Waals surface area contributed by atoms with E-state index in [4.69, 9.17) is 14.9 Å². The van der Waals surface area contributed by atoms with Gasteiger partial charge in [0, 0.05) is 12.6 Å². The quantitative estimate of drug-likeness (QED) is 0.810.